The SMILES string of the molecule is COc1cccc(C(NCc2cn[nH]c2)C(=O)Nc2ccc(-c3cn[nH]c3)cc2)c1. The molecule has 1 unspecified atom stereocenters. The lowest BCUT2D eigenvalue weighted by molar-refractivity contribution is -0.118. The first-order chi connectivity index (χ1) is 14.7. The summed E-state index contributed by atoms with van der Waals surface area (Å²) in [6.45, 7) is 0.491. The van der Waals surface area contributed by atoms with Crippen LogP contribution in [0.1, 0.15) is 17.2 Å². The summed E-state index contributed by atoms with van der Waals surface area (Å²) in [7, 11) is 1.61. The maximum absolute atomic E-state index is 13.1. The van der Waals surface area contributed by atoms with Gasteiger partial charge in [-0.2, -0.15) is 10.2 Å². The Morgan fingerprint density at radius 2 is 1.83 bits per heavy atom. The van der Waals surface area contributed by atoms with E-state index in [-0.39, 0.29) is 5.91 Å². The molecule has 2 aromatic carbocycles. The van der Waals surface area contributed by atoms with Crippen LogP contribution in [0.15, 0.2) is 73.3 Å². The van der Waals surface area contributed by atoms with Gasteiger partial charge in [-0.1, -0.05) is 24.3 Å². The van der Waals surface area contributed by atoms with Gasteiger partial charge in [0.25, 0.3) is 0 Å². The van der Waals surface area contributed by atoms with Gasteiger partial charge in [-0.3, -0.25) is 20.3 Å². The van der Waals surface area contributed by atoms with Crippen LogP contribution in [0.4, 0.5) is 5.69 Å². The van der Waals surface area contributed by atoms with Crippen LogP contribution in [0.25, 0.3) is 11.1 Å². The molecule has 0 spiro atoms. The molecule has 0 aliphatic rings. The van der Waals surface area contributed by atoms with Gasteiger partial charge in [-0.15, -0.1) is 0 Å². The van der Waals surface area contributed by atoms with Crippen LogP contribution in [0.3, 0.4) is 0 Å². The van der Waals surface area contributed by atoms with Crippen molar-refractivity contribution in [3.63, 3.8) is 0 Å². The number of ether oxygens (including phenoxy) is 1. The predicted octanol–water partition coefficient (Wildman–Crippen LogP) is 3.28. The minimum absolute atomic E-state index is 0.164. The predicted molar refractivity (Wildman–Crippen MR) is 114 cm³/mol. The third-order valence-corrected chi connectivity index (χ3v) is 4.74. The molecule has 0 bridgehead atoms. The van der Waals surface area contributed by atoms with E-state index in [4.69, 9.17) is 4.74 Å². The quantitative estimate of drug-likeness (QED) is 0.362. The fraction of sp³-hybridized carbons (Fsp3) is 0.136. The molecule has 0 aliphatic carbocycles. The fourth-order valence-electron chi connectivity index (χ4n) is 3.15. The van der Waals surface area contributed by atoms with E-state index < -0.39 is 6.04 Å². The Balaban J connectivity index is 1.52. The van der Waals surface area contributed by atoms with E-state index >= 15 is 0 Å². The molecule has 0 saturated carbocycles. The van der Waals surface area contributed by atoms with Crippen molar-refractivity contribution in [2.24, 2.45) is 0 Å². The van der Waals surface area contributed by atoms with Crippen LogP contribution in [-0.4, -0.2) is 33.4 Å². The number of carbonyl (C=O) groups excluding carboxylic acids is 1. The molecule has 0 radical (unpaired) electrons. The minimum atomic E-state index is -0.566. The molecule has 8 nitrogen and oxygen atoms in total. The third kappa shape index (κ3) is 4.56. The van der Waals surface area contributed by atoms with Gasteiger partial charge in [-0.25, -0.2) is 0 Å². The van der Waals surface area contributed by atoms with Crippen molar-refractivity contribution in [3.05, 3.63) is 84.4 Å². The number of rotatable bonds is 8. The zero-order valence-corrected chi connectivity index (χ0v) is 16.4. The molecule has 30 heavy (non-hydrogen) atoms. The summed E-state index contributed by atoms with van der Waals surface area (Å²) in [6, 6.07) is 14.5. The maximum Gasteiger partial charge on any atom is 0.246 e. The number of nitrogens with one attached hydrogen (secondary N) is 4. The van der Waals surface area contributed by atoms with Crippen molar-refractivity contribution in [3.8, 4) is 16.9 Å². The zero-order chi connectivity index (χ0) is 20.8. The highest BCUT2D eigenvalue weighted by Gasteiger charge is 2.21. The standard InChI is InChI=1S/C22H22N6O2/c1-30-20-4-2-3-17(9-20)21(23-10-15-11-24-25-12-15)22(29)28-19-7-5-16(6-8-19)18-13-26-27-14-18/h2-9,11-14,21,23H,10H2,1H3,(H,24,25)(H,26,27)(H,28,29). The van der Waals surface area contributed by atoms with Crippen LogP contribution in [0.2, 0.25) is 0 Å². The van der Waals surface area contributed by atoms with Crippen LogP contribution < -0.4 is 15.4 Å². The molecular weight excluding hydrogens is 380 g/mol. The monoisotopic (exact) mass is 402 g/mol. The number of aromatic amines is 2. The second-order valence-corrected chi connectivity index (χ2v) is 6.75. The van der Waals surface area contributed by atoms with E-state index in [2.05, 4.69) is 31.0 Å². The molecule has 0 fully saturated rings. The van der Waals surface area contributed by atoms with Gasteiger partial charge in [0, 0.05) is 35.8 Å². The summed E-state index contributed by atoms with van der Waals surface area (Å²) in [5.41, 5.74) is 4.49. The van der Waals surface area contributed by atoms with E-state index in [1.54, 1.807) is 25.7 Å². The number of anilines is 1. The van der Waals surface area contributed by atoms with Crippen molar-refractivity contribution in [2.45, 2.75) is 12.6 Å². The van der Waals surface area contributed by atoms with Crippen molar-refractivity contribution in [2.75, 3.05) is 12.4 Å². The molecule has 4 N–H and O–H groups in total. The van der Waals surface area contributed by atoms with Crippen molar-refractivity contribution in [1.82, 2.24) is 25.7 Å². The number of H-pyrrole nitrogens is 2. The number of carbonyl (C=O) groups is 1. The van der Waals surface area contributed by atoms with Gasteiger partial charge in [0.1, 0.15) is 11.8 Å². The van der Waals surface area contributed by atoms with E-state index in [9.17, 15) is 4.79 Å². The Morgan fingerprint density at radius 1 is 1.03 bits per heavy atom. The summed E-state index contributed by atoms with van der Waals surface area (Å²) in [5, 5.41) is 19.8. The number of amides is 1. The molecule has 0 aliphatic heterocycles. The smallest absolute Gasteiger partial charge is 0.246 e. The molecule has 4 aromatic rings. The molecule has 4 rings (SSSR count). The number of methoxy groups -OCH3 is 1. The van der Waals surface area contributed by atoms with E-state index in [0.29, 0.717) is 18.0 Å². The molecule has 2 aromatic heterocycles. The van der Waals surface area contributed by atoms with Crippen LogP contribution in [-0.2, 0) is 11.3 Å². The zero-order valence-electron chi connectivity index (χ0n) is 16.4. The highest BCUT2D eigenvalue weighted by atomic mass is 16.5. The first-order valence-corrected chi connectivity index (χ1v) is 9.48. The van der Waals surface area contributed by atoms with Crippen LogP contribution in [0, 0.1) is 0 Å². The van der Waals surface area contributed by atoms with E-state index in [1.165, 1.54) is 0 Å². The number of benzene rings is 2. The Labute approximate surface area is 173 Å². The van der Waals surface area contributed by atoms with E-state index in [1.807, 2.05) is 54.7 Å². The lowest BCUT2D eigenvalue weighted by Crippen LogP contribution is -2.32. The summed E-state index contributed by atoms with van der Waals surface area (Å²) in [5.74, 6) is 0.530. The van der Waals surface area contributed by atoms with Gasteiger partial charge in [-0.05, 0) is 35.4 Å². The normalized spacial score (nSPS) is 11.8. The topological polar surface area (TPSA) is 108 Å². The Kier molecular flexibility index (Phi) is 5.86. The van der Waals surface area contributed by atoms with Gasteiger partial charge >= 0.3 is 0 Å². The Hall–Kier alpha value is -3.91. The van der Waals surface area contributed by atoms with Gasteiger partial charge in [0.2, 0.25) is 5.91 Å². The first kappa shape index (κ1) is 19.4. The van der Waals surface area contributed by atoms with Crippen molar-refractivity contribution < 1.29 is 9.53 Å². The molecule has 152 valence electrons. The molecule has 8 heteroatoms. The molecular formula is C22H22N6O2. The fourth-order valence-corrected chi connectivity index (χ4v) is 3.15. The van der Waals surface area contributed by atoms with Gasteiger partial charge in [0.15, 0.2) is 0 Å². The highest BCUT2D eigenvalue weighted by molar-refractivity contribution is 5.95. The minimum Gasteiger partial charge on any atom is -0.497 e. The largest absolute Gasteiger partial charge is 0.497 e. The summed E-state index contributed by atoms with van der Waals surface area (Å²) >= 11 is 0. The first-order valence-electron chi connectivity index (χ1n) is 9.48. The Morgan fingerprint density at radius 3 is 2.53 bits per heavy atom. The van der Waals surface area contributed by atoms with Crippen LogP contribution in [0.5, 0.6) is 5.75 Å². The average Bonchev–Trinajstić information content (AvgIpc) is 3.49. The molecule has 1 atom stereocenters. The Bertz CT molecular complexity index is 1080. The summed E-state index contributed by atoms with van der Waals surface area (Å²) in [6.07, 6.45) is 7.10. The van der Waals surface area contributed by atoms with Crippen molar-refractivity contribution in [1.29, 1.82) is 0 Å². The summed E-state index contributed by atoms with van der Waals surface area (Å²) in [4.78, 5) is 13.1. The number of nitrogens with zero attached hydrogens (tertiary/aromatic N) is 2. The molecule has 0 saturated heterocycles. The number of aromatic nitrogens is 4. The van der Waals surface area contributed by atoms with Gasteiger partial charge < -0.3 is 10.1 Å². The third-order valence-electron chi connectivity index (χ3n) is 4.74. The highest BCUT2D eigenvalue weighted by Crippen LogP contribution is 2.23. The lowest BCUT2D eigenvalue weighted by atomic mass is 10.0. The van der Waals surface area contributed by atoms with E-state index in [0.717, 1.165) is 22.3 Å². The van der Waals surface area contributed by atoms with Gasteiger partial charge in [0.05, 0.1) is 19.5 Å². The number of hydrogen-bond acceptors (Lipinski definition) is 5. The average molecular weight is 402 g/mol. The molecule has 1 amide bonds. The van der Waals surface area contributed by atoms with Crippen LogP contribution >= 0.6 is 0 Å². The second-order valence-electron chi connectivity index (χ2n) is 6.75. The van der Waals surface area contributed by atoms with Crippen molar-refractivity contribution >= 4 is 11.6 Å². The lowest BCUT2D eigenvalue weighted by Gasteiger charge is -2.19. The second kappa shape index (κ2) is 9.06. The maximum atomic E-state index is 13.1. The molecule has 2 heterocycles. The number of hydrogen-bond donors (Lipinski definition) is 4. The summed E-state index contributed by atoms with van der Waals surface area (Å²) < 4.78 is 5.32.